The highest BCUT2D eigenvalue weighted by Gasteiger charge is 2.44. The summed E-state index contributed by atoms with van der Waals surface area (Å²) in [5.74, 6) is -0.745. The van der Waals surface area contributed by atoms with E-state index in [2.05, 4.69) is 0 Å². The fraction of sp³-hybridized carbons (Fsp3) is 0.500. The number of furan rings is 1. The number of carbonyl (C=O) groups excluding carboxylic acids is 1. The van der Waals surface area contributed by atoms with Crippen LogP contribution in [0.15, 0.2) is 34.0 Å². The summed E-state index contributed by atoms with van der Waals surface area (Å²) in [4.78, 5) is 12.7. The van der Waals surface area contributed by atoms with E-state index >= 15 is 0 Å². The Labute approximate surface area is 177 Å². The van der Waals surface area contributed by atoms with Gasteiger partial charge in [-0.3, -0.25) is 4.79 Å². The maximum atomic E-state index is 12.7. The van der Waals surface area contributed by atoms with E-state index in [-0.39, 0.29) is 23.3 Å². The molecule has 158 valence electrons. The summed E-state index contributed by atoms with van der Waals surface area (Å²) in [7, 11) is -3.92. The zero-order valence-electron chi connectivity index (χ0n) is 17.2. The predicted octanol–water partition coefficient (Wildman–Crippen LogP) is 4.75. The third kappa shape index (κ3) is 4.76. The van der Waals surface area contributed by atoms with Gasteiger partial charge in [-0.05, 0) is 53.5 Å². The Morgan fingerprint density at radius 3 is 2.17 bits per heavy atom. The smallest absolute Gasteiger partial charge is 0.218 e. The van der Waals surface area contributed by atoms with Crippen molar-refractivity contribution in [1.82, 2.24) is 0 Å². The van der Waals surface area contributed by atoms with E-state index in [9.17, 15) is 18.3 Å². The van der Waals surface area contributed by atoms with E-state index in [4.69, 9.17) is 16.0 Å². The summed E-state index contributed by atoms with van der Waals surface area (Å²) in [5.41, 5.74) is 2.24. The molecular formula is C22H27ClO5S. The maximum Gasteiger partial charge on any atom is 0.218 e. The molecule has 0 radical (unpaired) electrons. The number of hydrogen-bond acceptors (Lipinski definition) is 5. The number of Topliss-reactive ketones (excluding diaryl/α,β-unsaturated/α-hetero) is 1. The van der Waals surface area contributed by atoms with Crippen molar-refractivity contribution in [2.75, 3.05) is 5.75 Å². The lowest BCUT2D eigenvalue weighted by molar-refractivity contribution is -0.116. The first kappa shape index (κ1) is 22.1. The largest absolute Gasteiger partial charge is 0.453 e. The first-order chi connectivity index (χ1) is 13.4. The molecule has 1 N–H and O–H groups in total. The van der Waals surface area contributed by atoms with Gasteiger partial charge in [0.15, 0.2) is 5.78 Å². The van der Waals surface area contributed by atoms with Gasteiger partial charge in [0, 0.05) is 23.1 Å². The van der Waals surface area contributed by atoms with Crippen molar-refractivity contribution in [2.45, 2.75) is 69.5 Å². The SMILES string of the molecule is CC(C)c1cc(Cl)cc(C(C)C)c1CC(=O)CS(=O)(=O)c1cc(C2(O)CC2)co1. The molecule has 0 bridgehead atoms. The summed E-state index contributed by atoms with van der Waals surface area (Å²) in [6.45, 7) is 8.09. The second-order valence-electron chi connectivity index (χ2n) is 8.53. The van der Waals surface area contributed by atoms with E-state index in [0.29, 0.717) is 23.4 Å². The Balaban J connectivity index is 1.84. The molecule has 0 saturated heterocycles. The first-order valence-corrected chi connectivity index (χ1v) is 11.8. The van der Waals surface area contributed by atoms with Crippen molar-refractivity contribution in [3.05, 3.63) is 51.7 Å². The number of sulfone groups is 1. The average Bonchev–Trinajstić information content (AvgIpc) is 3.15. The summed E-state index contributed by atoms with van der Waals surface area (Å²) in [6.07, 6.45) is 2.45. The molecule has 1 aromatic heterocycles. The van der Waals surface area contributed by atoms with Gasteiger partial charge in [-0.15, -0.1) is 0 Å². The Kier molecular flexibility index (Phi) is 6.01. The normalized spacial score (nSPS) is 15.9. The van der Waals surface area contributed by atoms with Gasteiger partial charge in [-0.2, -0.15) is 0 Å². The van der Waals surface area contributed by atoms with E-state index < -0.39 is 27.0 Å². The van der Waals surface area contributed by atoms with Crippen LogP contribution in [-0.2, 0) is 26.7 Å². The highest BCUT2D eigenvalue weighted by Crippen LogP contribution is 2.46. The highest BCUT2D eigenvalue weighted by atomic mass is 35.5. The number of hydrogen-bond donors (Lipinski definition) is 1. The van der Waals surface area contributed by atoms with Crippen molar-refractivity contribution in [3.8, 4) is 0 Å². The fourth-order valence-corrected chi connectivity index (χ4v) is 4.98. The molecule has 5 nitrogen and oxygen atoms in total. The monoisotopic (exact) mass is 438 g/mol. The van der Waals surface area contributed by atoms with Gasteiger partial charge in [-0.25, -0.2) is 8.42 Å². The molecule has 3 rings (SSSR count). The minimum Gasteiger partial charge on any atom is -0.453 e. The van der Waals surface area contributed by atoms with E-state index in [1.54, 1.807) is 0 Å². The molecule has 0 unspecified atom stereocenters. The molecule has 1 heterocycles. The number of aliphatic hydroxyl groups is 1. The first-order valence-electron chi connectivity index (χ1n) is 9.81. The molecule has 1 aromatic carbocycles. The van der Waals surface area contributed by atoms with Crippen LogP contribution in [0.25, 0.3) is 0 Å². The Bertz CT molecular complexity index is 1000. The van der Waals surface area contributed by atoms with Crippen LogP contribution < -0.4 is 0 Å². The highest BCUT2D eigenvalue weighted by molar-refractivity contribution is 7.92. The second kappa shape index (κ2) is 7.89. The lowest BCUT2D eigenvalue weighted by atomic mass is 9.86. The van der Waals surface area contributed by atoms with Crippen molar-refractivity contribution in [1.29, 1.82) is 0 Å². The van der Waals surface area contributed by atoms with Gasteiger partial charge < -0.3 is 9.52 Å². The van der Waals surface area contributed by atoms with Crippen molar-refractivity contribution >= 4 is 27.2 Å². The minimum atomic E-state index is -3.92. The van der Waals surface area contributed by atoms with Crippen molar-refractivity contribution < 1.29 is 22.7 Å². The van der Waals surface area contributed by atoms with Crippen molar-refractivity contribution in [2.24, 2.45) is 0 Å². The number of rotatable bonds is 8. The summed E-state index contributed by atoms with van der Waals surface area (Å²) in [5, 5.41) is 10.5. The van der Waals surface area contributed by atoms with Crippen molar-refractivity contribution in [3.63, 3.8) is 0 Å². The molecule has 1 saturated carbocycles. The summed E-state index contributed by atoms with van der Waals surface area (Å²) >= 11 is 6.26. The van der Waals surface area contributed by atoms with Crippen LogP contribution in [0.1, 0.15) is 74.6 Å². The molecule has 1 aliphatic carbocycles. The molecule has 0 amide bonds. The zero-order valence-corrected chi connectivity index (χ0v) is 18.7. The predicted molar refractivity (Wildman–Crippen MR) is 112 cm³/mol. The average molecular weight is 439 g/mol. The molecule has 1 fully saturated rings. The fourth-order valence-electron chi connectivity index (χ4n) is 3.58. The minimum absolute atomic E-state index is 0.0227. The Morgan fingerprint density at radius 1 is 1.14 bits per heavy atom. The quantitative estimate of drug-likeness (QED) is 0.643. The van der Waals surface area contributed by atoms with Crippen LogP contribution in [-0.4, -0.2) is 25.1 Å². The third-order valence-electron chi connectivity index (χ3n) is 5.40. The second-order valence-corrected chi connectivity index (χ2v) is 10.9. The third-order valence-corrected chi connectivity index (χ3v) is 7.14. The van der Waals surface area contributed by atoms with Gasteiger partial charge >= 0.3 is 0 Å². The molecule has 1 aliphatic rings. The van der Waals surface area contributed by atoms with Crippen LogP contribution in [0, 0.1) is 0 Å². The number of ketones is 1. The van der Waals surface area contributed by atoms with E-state index in [1.807, 2.05) is 39.8 Å². The summed E-state index contributed by atoms with van der Waals surface area (Å²) in [6, 6.07) is 5.03. The van der Waals surface area contributed by atoms with Crippen LogP contribution >= 0.6 is 11.6 Å². The van der Waals surface area contributed by atoms with Crippen LogP contribution in [0.4, 0.5) is 0 Å². The molecule has 0 aliphatic heterocycles. The van der Waals surface area contributed by atoms with Gasteiger partial charge in [0.05, 0.1) is 11.9 Å². The zero-order chi connectivity index (χ0) is 21.6. The standard InChI is InChI=1S/C22H27ClO5S/c1-13(2)18-8-16(23)9-19(14(3)4)20(18)10-17(24)12-29(26,27)21-7-15(11-28-21)22(25)5-6-22/h7-9,11,13-14,25H,5-6,10,12H2,1-4H3. The lowest BCUT2D eigenvalue weighted by Gasteiger charge is -2.20. The van der Waals surface area contributed by atoms with Gasteiger partial charge in [0.2, 0.25) is 14.9 Å². The van der Waals surface area contributed by atoms with Gasteiger partial charge in [0.1, 0.15) is 5.75 Å². The van der Waals surface area contributed by atoms with E-state index in [0.717, 1.165) is 16.7 Å². The Hall–Kier alpha value is -1.63. The molecule has 0 spiro atoms. The molecule has 0 atom stereocenters. The lowest BCUT2D eigenvalue weighted by Crippen LogP contribution is -2.19. The van der Waals surface area contributed by atoms with Gasteiger partial charge in [0.25, 0.3) is 0 Å². The van der Waals surface area contributed by atoms with Gasteiger partial charge in [-0.1, -0.05) is 39.3 Å². The number of benzene rings is 1. The number of carbonyl (C=O) groups is 1. The molecule has 7 heteroatoms. The maximum absolute atomic E-state index is 12.7. The molecular weight excluding hydrogens is 412 g/mol. The van der Waals surface area contributed by atoms with Crippen LogP contribution in [0.5, 0.6) is 0 Å². The van der Waals surface area contributed by atoms with E-state index in [1.165, 1.54) is 12.3 Å². The molecule has 2 aromatic rings. The van der Waals surface area contributed by atoms with Crippen LogP contribution in [0.3, 0.4) is 0 Å². The summed E-state index contributed by atoms with van der Waals surface area (Å²) < 4.78 is 30.5. The molecule has 29 heavy (non-hydrogen) atoms. The number of halogens is 1. The topological polar surface area (TPSA) is 84.6 Å². The van der Waals surface area contributed by atoms with Crippen LogP contribution in [0.2, 0.25) is 5.02 Å². The Morgan fingerprint density at radius 2 is 1.69 bits per heavy atom.